The van der Waals surface area contributed by atoms with Gasteiger partial charge in [0.25, 0.3) is 5.91 Å². The van der Waals surface area contributed by atoms with Crippen molar-refractivity contribution in [1.29, 1.82) is 5.26 Å². The maximum atomic E-state index is 13.4. The molecule has 40 heavy (non-hydrogen) atoms. The maximum absolute atomic E-state index is 13.4. The van der Waals surface area contributed by atoms with Crippen LogP contribution in [0.3, 0.4) is 0 Å². The van der Waals surface area contributed by atoms with Gasteiger partial charge in [-0.15, -0.1) is 0 Å². The van der Waals surface area contributed by atoms with E-state index in [2.05, 4.69) is 30.1 Å². The summed E-state index contributed by atoms with van der Waals surface area (Å²) in [5.74, 6) is -7.05. The number of carbonyl (C=O) groups is 1. The van der Waals surface area contributed by atoms with Gasteiger partial charge in [-0.25, -0.2) is 27.9 Å². The van der Waals surface area contributed by atoms with Gasteiger partial charge >= 0.3 is 12.1 Å². The lowest BCUT2D eigenvalue weighted by Gasteiger charge is -2.19. The van der Waals surface area contributed by atoms with Crippen molar-refractivity contribution in [2.75, 3.05) is 12.4 Å². The fraction of sp³-hybridized carbons (Fsp3) is 0.364. The lowest BCUT2D eigenvalue weighted by atomic mass is 10.2. The van der Waals surface area contributed by atoms with Gasteiger partial charge < -0.3 is 10.1 Å². The highest BCUT2D eigenvalue weighted by molar-refractivity contribution is 7.91. The number of aromatic nitrogens is 6. The standard InChI is InChI=1S/C22H17F5N8O4S/c1-2-40(37,38)19-14(16-29-6-3-12(35(16)33-19)17(36)32-20(10-28)4-5-20)15-31-9-13-18(30-7-8-34(13)15)39-11-21(23,24)22(25,26)27/h3,6-9H,2,4-5,11H2,1H3,(H,32,36). The monoisotopic (exact) mass is 584 g/mol. The molecule has 4 aromatic rings. The number of nitrogens with zero attached hydrogens (tertiary/aromatic N) is 7. The van der Waals surface area contributed by atoms with Crippen LogP contribution in [0.5, 0.6) is 5.88 Å². The van der Waals surface area contributed by atoms with Gasteiger partial charge in [-0.3, -0.25) is 9.20 Å². The van der Waals surface area contributed by atoms with E-state index in [4.69, 9.17) is 0 Å². The van der Waals surface area contributed by atoms with Gasteiger partial charge in [-0.1, -0.05) is 6.92 Å². The van der Waals surface area contributed by atoms with Crippen molar-refractivity contribution in [3.63, 3.8) is 0 Å². The van der Waals surface area contributed by atoms with Crippen molar-refractivity contribution in [2.24, 2.45) is 0 Å². The topological polar surface area (TPSA) is 157 Å². The fourth-order valence-electron chi connectivity index (χ4n) is 3.76. The van der Waals surface area contributed by atoms with Crippen molar-refractivity contribution in [2.45, 2.75) is 42.4 Å². The lowest BCUT2D eigenvalue weighted by molar-refractivity contribution is -0.290. The molecule has 0 bridgehead atoms. The summed E-state index contributed by atoms with van der Waals surface area (Å²) in [4.78, 5) is 25.0. The molecule has 1 amide bonds. The molecule has 18 heteroatoms. The van der Waals surface area contributed by atoms with Gasteiger partial charge in [0.05, 0.1) is 18.0 Å². The van der Waals surface area contributed by atoms with Gasteiger partial charge in [-0.2, -0.15) is 32.3 Å². The Kier molecular flexibility index (Phi) is 6.17. The minimum atomic E-state index is -5.86. The number of hydrogen-bond donors (Lipinski definition) is 1. The summed E-state index contributed by atoms with van der Waals surface area (Å²) in [5, 5.41) is 15.5. The van der Waals surface area contributed by atoms with Crippen LogP contribution in [-0.2, 0) is 9.84 Å². The molecule has 0 saturated heterocycles. The van der Waals surface area contributed by atoms with E-state index in [1.54, 1.807) is 0 Å². The Morgan fingerprint density at radius 2 is 1.93 bits per heavy atom. The Morgan fingerprint density at radius 1 is 1.20 bits per heavy atom. The molecule has 5 rings (SSSR count). The third kappa shape index (κ3) is 4.45. The molecule has 0 aliphatic heterocycles. The first-order valence-corrected chi connectivity index (χ1v) is 13.1. The van der Waals surface area contributed by atoms with Crippen molar-refractivity contribution in [3.05, 3.63) is 36.5 Å². The third-order valence-corrected chi connectivity index (χ3v) is 7.80. The molecule has 0 spiro atoms. The molecule has 4 aromatic heterocycles. The Bertz CT molecular complexity index is 1810. The fourth-order valence-corrected chi connectivity index (χ4v) is 4.73. The molecule has 1 aliphatic carbocycles. The van der Waals surface area contributed by atoms with E-state index in [0.717, 1.165) is 21.3 Å². The van der Waals surface area contributed by atoms with E-state index in [1.165, 1.54) is 25.4 Å². The normalized spacial score (nSPS) is 15.2. The highest BCUT2D eigenvalue weighted by Gasteiger charge is 2.58. The Balaban J connectivity index is 1.65. The van der Waals surface area contributed by atoms with Crippen LogP contribution in [-0.4, -0.2) is 73.3 Å². The van der Waals surface area contributed by atoms with E-state index in [-0.39, 0.29) is 28.2 Å². The van der Waals surface area contributed by atoms with Crippen molar-refractivity contribution in [1.82, 2.24) is 34.3 Å². The first kappa shape index (κ1) is 27.2. The number of alkyl halides is 5. The van der Waals surface area contributed by atoms with Crippen molar-refractivity contribution >= 4 is 26.9 Å². The van der Waals surface area contributed by atoms with Crippen LogP contribution < -0.4 is 10.1 Å². The first-order chi connectivity index (χ1) is 18.7. The van der Waals surface area contributed by atoms with Crippen molar-refractivity contribution < 1.29 is 39.9 Å². The van der Waals surface area contributed by atoms with Gasteiger partial charge in [0, 0.05) is 18.6 Å². The second-order valence-corrected chi connectivity index (χ2v) is 11.1. The summed E-state index contributed by atoms with van der Waals surface area (Å²) in [6.45, 7) is -0.700. The van der Waals surface area contributed by atoms with Crippen LogP contribution in [0, 0.1) is 11.3 Å². The number of imidazole rings is 1. The molecule has 0 radical (unpaired) electrons. The van der Waals surface area contributed by atoms with Gasteiger partial charge in [0.2, 0.25) is 5.88 Å². The quantitative estimate of drug-likeness (QED) is 0.308. The number of halogens is 5. The number of nitrogens with one attached hydrogen (secondary N) is 1. The molecule has 210 valence electrons. The zero-order chi connectivity index (χ0) is 29.1. The van der Waals surface area contributed by atoms with Crippen LogP contribution in [0.15, 0.2) is 35.9 Å². The van der Waals surface area contributed by atoms with E-state index in [0.29, 0.717) is 12.8 Å². The van der Waals surface area contributed by atoms with E-state index >= 15 is 0 Å². The molecular formula is C22H17F5N8O4S. The second-order valence-electron chi connectivity index (χ2n) is 8.86. The van der Waals surface area contributed by atoms with Crippen LogP contribution in [0.1, 0.15) is 30.3 Å². The van der Waals surface area contributed by atoms with Crippen LogP contribution in [0.4, 0.5) is 22.0 Å². The number of nitriles is 1. The molecule has 1 N–H and O–H groups in total. The number of rotatable bonds is 8. The molecule has 4 heterocycles. The number of amides is 1. The Labute approximate surface area is 221 Å². The highest BCUT2D eigenvalue weighted by Crippen LogP contribution is 2.37. The summed E-state index contributed by atoms with van der Waals surface area (Å²) < 4.78 is 97.6. The molecule has 12 nitrogen and oxygen atoms in total. The predicted octanol–water partition coefficient (Wildman–Crippen LogP) is 2.59. The first-order valence-electron chi connectivity index (χ1n) is 11.5. The number of carbonyl (C=O) groups excluding carboxylic acids is 1. The predicted molar refractivity (Wildman–Crippen MR) is 124 cm³/mol. The summed E-state index contributed by atoms with van der Waals surface area (Å²) in [6, 6.07) is 3.29. The van der Waals surface area contributed by atoms with E-state index in [1.807, 2.05) is 6.07 Å². The van der Waals surface area contributed by atoms with Crippen molar-refractivity contribution in [3.8, 4) is 23.3 Å². The van der Waals surface area contributed by atoms with Crippen LogP contribution in [0.25, 0.3) is 22.6 Å². The largest absolute Gasteiger partial charge is 0.469 e. The molecule has 0 atom stereocenters. The van der Waals surface area contributed by atoms with E-state index in [9.17, 15) is 40.4 Å². The summed E-state index contributed by atoms with van der Waals surface area (Å²) in [5.41, 5.74) is -1.63. The van der Waals surface area contributed by atoms with Gasteiger partial charge in [0.1, 0.15) is 22.3 Å². The summed E-state index contributed by atoms with van der Waals surface area (Å²) in [6.07, 6.45) is -0.440. The van der Waals surface area contributed by atoms with Crippen LogP contribution in [0.2, 0.25) is 0 Å². The molecule has 1 fully saturated rings. The second kappa shape index (κ2) is 9.08. The summed E-state index contributed by atoms with van der Waals surface area (Å²) in [7, 11) is -4.09. The maximum Gasteiger partial charge on any atom is 0.456 e. The molecular weight excluding hydrogens is 567 g/mol. The number of sulfone groups is 1. The average molecular weight is 584 g/mol. The SMILES string of the molecule is CCS(=O)(=O)c1nn2c(C(=O)NC3(C#N)CC3)ccnc2c1-c1ncc2c(OCC(F)(F)C(F)(F)F)nccn12. The summed E-state index contributed by atoms with van der Waals surface area (Å²) >= 11 is 0. The smallest absolute Gasteiger partial charge is 0.456 e. The zero-order valence-electron chi connectivity index (χ0n) is 20.3. The molecule has 1 aliphatic rings. The minimum absolute atomic E-state index is 0.128. The van der Waals surface area contributed by atoms with E-state index < -0.39 is 56.6 Å². The number of hydrogen-bond acceptors (Lipinski definition) is 9. The third-order valence-electron chi connectivity index (χ3n) is 6.16. The number of fused-ring (bicyclic) bond motifs is 2. The van der Waals surface area contributed by atoms with Crippen LogP contribution >= 0.6 is 0 Å². The molecule has 1 saturated carbocycles. The Morgan fingerprint density at radius 3 is 2.55 bits per heavy atom. The zero-order valence-corrected chi connectivity index (χ0v) is 21.1. The molecule has 0 aromatic carbocycles. The lowest BCUT2D eigenvalue weighted by Crippen LogP contribution is -2.41. The average Bonchev–Trinajstić information content (AvgIpc) is 3.36. The van der Waals surface area contributed by atoms with Gasteiger partial charge in [-0.05, 0) is 18.9 Å². The van der Waals surface area contributed by atoms with Gasteiger partial charge in [0.15, 0.2) is 32.9 Å². The number of ether oxygens (including phenoxy) is 1. The highest BCUT2D eigenvalue weighted by atomic mass is 32.2. The minimum Gasteiger partial charge on any atom is -0.469 e. The molecule has 0 unspecified atom stereocenters. The Hall–Kier alpha value is -4.40.